The van der Waals surface area contributed by atoms with Crippen LogP contribution < -0.4 is 5.32 Å². The first kappa shape index (κ1) is 11.9. The number of hydrogen-bond donors (Lipinski definition) is 1. The molecule has 2 rings (SSSR count). The summed E-state index contributed by atoms with van der Waals surface area (Å²) in [7, 11) is 0. The third-order valence-electron chi connectivity index (χ3n) is 3.52. The normalized spacial score (nSPS) is 22.7. The summed E-state index contributed by atoms with van der Waals surface area (Å²) in [6.45, 7) is 6.40. The van der Waals surface area contributed by atoms with E-state index in [9.17, 15) is 0 Å². The largest absolute Gasteiger partial charge is 0.369 e. The van der Waals surface area contributed by atoms with E-state index >= 15 is 0 Å². The summed E-state index contributed by atoms with van der Waals surface area (Å²) < 4.78 is 0. The number of hydrogen-bond acceptors (Lipinski definition) is 3. The molecule has 1 aromatic rings. The Labute approximate surface area is 103 Å². The van der Waals surface area contributed by atoms with Gasteiger partial charge in [-0.05, 0) is 24.7 Å². The maximum absolute atomic E-state index is 9.13. The number of benzene rings is 1. The molecule has 1 N–H and O–H groups in total. The Morgan fingerprint density at radius 3 is 2.71 bits per heavy atom. The van der Waals surface area contributed by atoms with E-state index in [-0.39, 0.29) is 6.04 Å². The first-order valence-electron chi connectivity index (χ1n) is 6.29. The van der Waals surface area contributed by atoms with Gasteiger partial charge in [0.15, 0.2) is 0 Å². The van der Waals surface area contributed by atoms with Crippen molar-refractivity contribution in [3.8, 4) is 6.07 Å². The van der Waals surface area contributed by atoms with E-state index in [0.29, 0.717) is 6.04 Å². The molecule has 0 unspecified atom stereocenters. The Balaban J connectivity index is 2.35. The zero-order valence-corrected chi connectivity index (χ0v) is 10.5. The second-order valence-electron chi connectivity index (χ2n) is 4.39. The highest BCUT2D eigenvalue weighted by atomic mass is 15.2. The van der Waals surface area contributed by atoms with Crippen LogP contribution in [0.5, 0.6) is 0 Å². The molecule has 0 radical (unpaired) electrons. The van der Waals surface area contributed by atoms with Crippen molar-refractivity contribution >= 4 is 5.69 Å². The zero-order valence-electron chi connectivity index (χ0n) is 10.5. The molecular weight excluding hydrogens is 210 g/mol. The molecule has 1 aliphatic rings. The van der Waals surface area contributed by atoms with E-state index < -0.39 is 0 Å². The predicted molar refractivity (Wildman–Crippen MR) is 69.7 cm³/mol. The maximum atomic E-state index is 9.13. The van der Waals surface area contributed by atoms with Crippen LogP contribution >= 0.6 is 0 Å². The van der Waals surface area contributed by atoms with Crippen LogP contribution in [0.2, 0.25) is 0 Å². The first-order valence-corrected chi connectivity index (χ1v) is 6.29. The highest BCUT2D eigenvalue weighted by molar-refractivity contribution is 5.56. The average molecular weight is 229 g/mol. The maximum Gasteiger partial charge on any atom is 0.116 e. The van der Waals surface area contributed by atoms with Crippen LogP contribution in [0.4, 0.5) is 5.69 Å². The van der Waals surface area contributed by atoms with E-state index in [0.717, 1.165) is 25.2 Å². The molecule has 17 heavy (non-hydrogen) atoms. The molecule has 3 heteroatoms. The van der Waals surface area contributed by atoms with Gasteiger partial charge in [-0.25, -0.2) is 0 Å². The molecule has 0 aromatic heterocycles. The molecule has 0 fully saturated rings. The number of nitrogens with one attached hydrogen (secondary N) is 1. The number of fused-ring (bicyclic) bond motifs is 1. The number of para-hydroxylation sites is 1. The van der Waals surface area contributed by atoms with Crippen LogP contribution in [0.3, 0.4) is 0 Å². The fourth-order valence-electron chi connectivity index (χ4n) is 2.61. The Morgan fingerprint density at radius 2 is 2.06 bits per heavy atom. The van der Waals surface area contributed by atoms with Gasteiger partial charge in [0.1, 0.15) is 6.04 Å². The minimum absolute atomic E-state index is 0.0736. The lowest BCUT2D eigenvalue weighted by molar-refractivity contribution is 0.203. The van der Waals surface area contributed by atoms with E-state index in [1.54, 1.807) is 0 Å². The third kappa shape index (κ3) is 2.27. The quantitative estimate of drug-likeness (QED) is 0.866. The number of rotatable bonds is 3. The van der Waals surface area contributed by atoms with Crippen molar-refractivity contribution in [2.75, 3.05) is 18.4 Å². The van der Waals surface area contributed by atoms with Crippen LogP contribution in [0.1, 0.15) is 31.9 Å². The van der Waals surface area contributed by atoms with Crippen molar-refractivity contribution in [1.29, 1.82) is 5.26 Å². The Bertz CT molecular complexity index is 418. The van der Waals surface area contributed by atoms with Crippen molar-refractivity contribution in [2.45, 2.75) is 32.4 Å². The first-order chi connectivity index (χ1) is 8.30. The Kier molecular flexibility index (Phi) is 3.65. The molecule has 1 aliphatic heterocycles. The summed E-state index contributed by atoms with van der Waals surface area (Å²) in [5, 5.41) is 12.4. The van der Waals surface area contributed by atoms with Crippen LogP contribution in [0.15, 0.2) is 24.3 Å². The molecule has 2 atom stereocenters. The van der Waals surface area contributed by atoms with Crippen LogP contribution in [-0.4, -0.2) is 24.0 Å². The topological polar surface area (TPSA) is 39.1 Å². The van der Waals surface area contributed by atoms with Crippen molar-refractivity contribution in [3.63, 3.8) is 0 Å². The van der Waals surface area contributed by atoms with Gasteiger partial charge in [0, 0.05) is 18.2 Å². The van der Waals surface area contributed by atoms with Crippen molar-refractivity contribution in [3.05, 3.63) is 29.8 Å². The van der Waals surface area contributed by atoms with Gasteiger partial charge in [-0.15, -0.1) is 0 Å². The molecule has 0 saturated carbocycles. The molecule has 0 amide bonds. The van der Waals surface area contributed by atoms with Gasteiger partial charge >= 0.3 is 0 Å². The molecule has 3 nitrogen and oxygen atoms in total. The summed E-state index contributed by atoms with van der Waals surface area (Å²) in [5.41, 5.74) is 2.44. The van der Waals surface area contributed by atoms with Crippen molar-refractivity contribution in [1.82, 2.24) is 4.90 Å². The number of nitrogens with zero attached hydrogens (tertiary/aromatic N) is 2. The molecular formula is C14H19N3. The smallest absolute Gasteiger partial charge is 0.116 e. The van der Waals surface area contributed by atoms with E-state index in [4.69, 9.17) is 5.26 Å². The summed E-state index contributed by atoms with van der Waals surface area (Å²) >= 11 is 0. The monoisotopic (exact) mass is 229 g/mol. The molecule has 0 bridgehead atoms. The van der Waals surface area contributed by atoms with E-state index in [2.05, 4.69) is 48.3 Å². The average Bonchev–Trinajstić information content (AvgIpc) is 2.39. The summed E-state index contributed by atoms with van der Waals surface area (Å²) in [6.07, 6.45) is 0.870. The second kappa shape index (κ2) is 5.20. The summed E-state index contributed by atoms with van der Waals surface area (Å²) in [5.74, 6) is 0. The molecule has 0 saturated heterocycles. The SMILES string of the molecule is CCN(CC)[C@H]1C[C@@H](C#N)Nc2ccccc21. The lowest BCUT2D eigenvalue weighted by Crippen LogP contribution is -2.36. The van der Waals surface area contributed by atoms with Gasteiger partial charge in [-0.3, -0.25) is 4.90 Å². The molecule has 0 spiro atoms. The van der Waals surface area contributed by atoms with Gasteiger partial charge in [0.05, 0.1) is 6.07 Å². The highest BCUT2D eigenvalue weighted by Crippen LogP contribution is 2.35. The van der Waals surface area contributed by atoms with Gasteiger partial charge in [-0.1, -0.05) is 32.0 Å². The number of anilines is 1. The number of nitriles is 1. The molecule has 90 valence electrons. The van der Waals surface area contributed by atoms with Gasteiger partial charge in [0.25, 0.3) is 0 Å². The van der Waals surface area contributed by atoms with E-state index in [1.807, 2.05) is 6.07 Å². The molecule has 1 heterocycles. The third-order valence-corrected chi connectivity index (χ3v) is 3.52. The predicted octanol–water partition coefficient (Wildman–Crippen LogP) is 2.78. The van der Waals surface area contributed by atoms with Crippen LogP contribution in [0, 0.1) is 11.3 Å². The van der Waals surface area contributed by atoms with Crippen LogP contribution in [-0.2, 0) is 0 Å². The van der Waals surface area contributed by atoms with Crippen molar-refractivity contribution < 1.29 is 0 Å². The van der Waals surface area contributed by atoms with E-state index in [1.165, 1.54) is 5.56 Å². The second-order valence-corrected chi connectivity index (χ2v) is 4.39. The fraction of sp³-hybridized carbons (Fsp3) is 0.500. The summed E-state index contributed by atoms with van der Waals surface area (Å²) in [6, 6.07) is 11.0. The minimum atomic E-state index is -0.0736. The van der Waals surface area contributed by atoms with Gasteiger partial charge in [0.2, 0.25) is 0 Å². The lowest BCUT2D eigenvalue weighted by Gasteiger charge is -2.36. The van der Waals surface area contributed by atoms with Crippen LogP contribution in [0.25, 0.3) is 0 Å². The lowest BCUT2D eigenvalue weighted by atomic mass is 9.92. The zero-order chi connectivity index (χ0) is 12.3. The van der Waals surface area contributed by atoms with Gasteiger partial charge in [-0.2, -0.15) is 5.26 Å². The molecule has 1 aromatic carbocycles. The standard InChI is InChI=1S/C14H19N3/c1-3-17(4-2)14-9-11(10-15)16-13-8-6-5-7-12(13)14/h5-8,11,14,16H,3-4,9H2,1-2H3/t11-,14-/m0/s1. The van der Waals surface area contributed by atoms with Crippen molar-refractivity contribution in [2.24, 2.45) is 0 Å². The Hall–Kier alpha value is -1.53. The highest BCUT2D eigenvalue weighted by Gasteiger charge is 2.29. The Morgan fingerprint density at radius 1 is 1.35 bits per heavy atom. The van der Waals surface area contributed by atoms with Gasteiger partial charge < -0.3 is 5.32 Å². The fourth-order valence-corrected chi connectivity index (χ4v) is 2.61. The minimum Gasteiger partial charge on any atom is -0.369 e. The summed E-state index contributed by atoms with van der Waals surface area (Å²) in [4.78, 5) is 2.42. The molecule has 0 aliphatic carbocycles.